The van der Waals surface area contributed by atoms with Crippen molar-refractivity contribution in [2.75, 3.05) is 0 Å². The van der Waals surface area contributed by atoms with Gasteiger partial charge in [0, 0.05) is 26.2 Å². The highest BCUT2D eigenvalue weighted by Gasteiger charge is 2.32. The molecule has 1 aliphatic rings. The Morgan fingerprint density at radius 2 is 1.44 bits per heavy atom. The molecule has 0 spiro atoms. The zero-order valence-electron chi connectivity index (χ0n) is 12.7. The lowest BCUT2D eigenvalue weighted by Crippen LogP contribution is -2.13. The Hall–Kier alpha value is -1.68. The van der Waals surface area contributed by atoms with Gasteiger partial charge in [-0.25, -0.2) is 0 Å². The molecule has 1 aliphatic heterocycles. The number of hydrogen-bond donors (Lipinski definition) is 3. The molecule has 3 N–H and O–H groups in total. The van der Waals surface area contributed by atoms with Crippen LogP contribution in [-0.2, 0) is 0 Å². The number of fused-ring (bicyclic) bond motifs is 2. The van der Waals surface area contributed by atoms with Gasteiger partial charge in [-0.3, -0.25) is 0 Å². The minimum absolute atomic E-state index is 0.0721. The lowest BCUT2D eigenvalue weighted by atomic mass is 9.82. The Labute approximate surface area is 171 Å². The van der Waals surface area contributed by atoms with E-state index in [1.54, 1.807) is 24.3 Å². The molecule has 0 saturated heterocycles. The van der Waals surface area contributed by atoms with Crippen LogP contribution in [-0.4, -0.2) is 15.3 Å². The van der Waals surface area contributed by atoms with Crippen LogP contribution in [0.3, 0.4) is 0 Å². The first-order chi connectivity index (χ1) is 11.9. The first-order valence-corrected chi connectivity index (χ1v) is 9.61. The Morgan fingerprint density at radius 1 is 0.760 bits per heavy atom. The predicted molar refractivity (Wildman–Crippen MR) is 111 cm³/mol. The van der Waals surface area contributed by atoms with E-state index >= 15 is 0 Å². The van der Waals surface area contributed by atoms with Crippen molar-refractivity contribution in [2.45, 2.75) is 5.92 Å². The molecule has 1 unspecified atom stereocenters. The lowest BCUT2D eigenvalue weighted by Gasteiger charge is -2.30. The normalized spacial score (nSPS) is 15.2. The van der Waals surface area contributed by atoms with Gasteiger partial charge in [0.1, 0.15) is 28.7 Å². The molecule has 0 fully saturated rings. The molecule has 4 nitrogen and oxygen atoms in total. The van der Waals surface area contributed by atoms with Crippen LogP contribution < -0.4 is 4.74 Å². The molecular formula is C19H12I2O4. The third-order valence-electron chi connectivity index (χ3n) is 4.19. The number of rotatable bonds is 1. The van der Waals surface area contributed by atoms with Gasteiger partial charge >= 0.3 is 0 Å². The highest BCUT2D eigenvalue weighted by Crippen LogP contribution is 2.52. The highest BCUT2D eigenvalue weighted by atomic mass is 127. The number of ether oxygens (including phenoxy) is 1. The maximum absolute atomic E-state index is 10.4. The summed E-state index contributed by atoms with van der Waals surface area (Å²) in [6.45, 7) is 0. The average Bonchev–Trinajstić information content (AvgIpc) is 2.56. The summed E-state index contributed by atoms with van der Waals surface area (Å²) >= 11 is 4.47. The summed E-state index contributed by atoms with van der Waals surface area (Å²) in [5, 5.41) is 30.3. The average molecular weight is 558 g/mol. The van der Waals surface area contributed by atoms with Crippen molar-refractivity contribution in [1.82, 2.24) is 0 Å². The van der Waals surface area contributed by atoms with Gasteiger partial charge < -0.3 is 20.1 Å². The second-order valence-electron chi connectivity index (χ2n) is 5.81. The minimum atomic E-state index is -0.360. The van der Waals surface area contributed by atoms with E-state index in [-0.39, 0.29) is 23.2 Å². The fraction of sp³-hybridized carbons (Fsp3) is 0.0526. The molecule has 6 heteroatoms. The first kappa shape index (κ1) is 16.8. The zero-order valence-corrected chi connectivity index (χ0v) is 17.0. The van der Waals surface area contributed by atoms with Crippen molar-refractivity contribution in [3.05, 3.63) is 72.4 Å². The van der Waals surface area contributed by atoms with Gasteiger partial charge in [-0.1, -0.05) is 0 Å². The summed E-state index contributed by atoms with van der Waals surface area (Å²) in [5.74, 6) is 1.27. The van der Waals surface area contributed by atoms with Crippen LogP contribution >= 0.6 is 45.2 Å². The number of benzene rings is 3. The number of halogens is 2. The van der Waals surface area contributed by atoms with Gasteiger partial charge in [0.25, 0.3) is 0 Å². The maximum Gasteiger partial charge on any atom is 0.144 e. The Morgan fingerprint density at radius 3 is 2.20 bits per heavy atom. The summed E-state index contributed by atoms with van der Waals surface area (Å²) in [6.07, 6.45) is 0. The van der Waals surface area contributed by atoms with Gasteiger partial charge in [0.2, 0.25) is 0 Å². The molecule has 0 aromatic heterocycles. The van der Waals surface area contributed by atoms with E-state index in [9.17, 15) is 15.3 Å². The molecule has 0 radical (unpaired) electrons. The van der Waals surface area contributed by atoms with E-state index in [2.05, 4.69) is 45.2 Å². The standard InChI is InChI=1S/C19H12I2O4/c20-9-5-14-18(12-7-10(22)1-3-16(12)24)13-8-11(23)2-4-17(13)25-19(14)15(21)6-9/h1-8,18,22-24H. The van der Waals surface area contributed by atoms with Crippen LogP contribution in [0.4, 0.5) is 0 Å². The van der Waals surface area contributed by atoms with Crippen LogP contribution in [0.15, 0.2) is 48.5 Å². The van der Waals surface area contributed by atoms with Gasteiger partial charge in [-0.05, 0) is 93.7 Å². The second kappa shape index (κ2) is 6.24. The van der Waals surface area contributed by atoms with E-state index in [4.69, 9.17) is 4.74 Å². The zero-order chi connectivity index (χ0) is 17.7. The third kappa shape index (κ3) is 2.91. The predicted octanol–water partition coefficient (Wildman–Crippen LogP) is 5.30. The summed E-state index contributed by atoms with van der Waals surface area (Å²) in [7, 11) is 0. The number of aromatic hydroxyl groups is 3. The van der Waals surface area contributed by atoms with E-state index in [1.807, 2.05) is 12.1 Å². The number of phenolic OH excluding ortho intramolecular Hbond substituents is 3. The van der Waals surface area contributed by atoms with E-state index in [0.29, 0.717) is 11.3 Å². The number of phenols is 3. The molecule has 0 aliphatic carbocycles. The molecule has 3 aromatic carbocycles. The molecule has 3 aromatic rings. The smallest absolute Gasteiger partial charge is 0.144 e. The topological polar surface area (TPSA) is 69.9 Å². The van der Waals surface area contributed by atoms with Crippen molar-refractivity contribution in [2.24, 2.45) is 0 Å². The molecule has 1 atom stereocenters. The summed E-state index contributed by atoms with van der Waals surface area (Å²) in [5.41, 5.74) is 2.19. The van der Waals surface area contributed by atoms with Gasteiger partial charge in [-0.15, -0.1) is 0 Å². The summed E-state index contributed by atoms with van der Waals surface area (Å²) in [6, 6.07) is 13.4. The molecule has 0 bridgehead atoms. The van der Waals surface area contributed by atoms with Gasteiger partial charge in [0.15, 0.2) is 0 Å². The van der Waals surface area contributed by atoms with E-state index in [1.165, 1.54) is 12.1 Å². The second-order valence-corrected chi connectivity index (χ2v) is 8.21. The quantitative estimate of drug-likeness (QED) is 0.219. The van der Waals surface area contributed by atoms with Crippen molar-refractivity contribution in [3.8, 4) is 28.7 Å². The van der Waals surface area contributed by atoms with Crippen molar-refractivity contribution in [3.63, 3.8) is 0 Å². The molecular weight excluding hydrogens is 546 g/mol. The summed E-state index contributed by atoms with van der Waals surface area (Å²) < 4.78 is 8.07. The van der Waals surface area contributed by atoms with Crippen molar-refractivity contribution in [1.29, 1.82) is 0 Å². The maximum atomic E-state index is 10.4. The fourth-order valence-corrected chi connectivity index (χ4v) is 5.14. The fourth-order valence-electron chi connectivity index (χ4n) is 3.14. The van der Waals surface area contributed by atoms with E-state index in [0.717, 1.165) is 24.0 Å². The Bertz CT molecular complexity index is 987. The minimum Gasteiger partial charge on any atom is -0.508 e. The van der Waals surface area contributed by atoms with Gasteiger partial charge in [-0.2, -0.15) is 0 Å². The van der Waals surface area contributed by atoms with Crippen LogP contribution in [0.1, 0.15) is 22.6 Å². The lowest BCUT2D eigenvalue weighted by molar-refractivity contribution is 0.431. The SMILES string of the molecule is Oc1ccc(O)c(C2c3cc(O)ccc3Oc3c(I)cc(I)cc32)c1. The Balaban J connectivity index is 2.06. The van der Waals surface area contributed by atoms with Crippen LogP contribution in [0.25, 0.3) is 0 Å². The van der Waals surface area contributed by atoms with Crippen molar-refractivity contribution >= 4 is 45.2 Å². The molecule has 0 amide bonds. The Kier molecular flexibility index (Phi) is 4.19. The summed E-state index contributed by atoms with van der Waals surface area (Å²) in [4.78, 5) is 0. The highest BCUT2D eigenvalue weighted by molar-refractivity contribution is 14.1. The van der Waals surface area contributed by atoms with Crippen molar-refractivity contribution < 1.29 is 20.1 Å². The molecule has 1 heterocycles. The van der Waals surface area contributed by atoms with Gasteiger partial charge in [0.05, 0.1) is 3.57 Å². The van der Waals surface area contributed by atoms with Crippen LogP contribution in [0.5, 0.6) is 28.7 Å². The monoisotopic (exact) mass is 558 g/mol. The van der Waals surface area contributed by atoms with Crippen LogP contribution in [0.2, 0.25) is 0 Å². The molecule has 25 heavy (non-hydrogen) atoms. The molecule has 0 saturated carbocycles. The van der Waals surface area contributed by atoms with E-state index < -0.39 is 0 Å². The molecule has 4 rings (SSSR count). The molecule has 126 valence electrons. The largest absolute Gasteiger partial charge is 0.508 e. The van der Waals surface area contributed by atoms with Crippen LogP contribution in [0, 0.1) is 7.14 Å². The number of hydrogen-bond acceptors (Lipinski definition) is 4. The third-order valence-corrected chi connectivity index (χ3v) is 5.61. The first-order valence-electron chi connectivity index (χ1n) is 7.45.